The average Bonchev–Trinajstić information content (AvgIpc) is 2.46. The van der Waals surface area contributed by atoms with Gasteiger partial charge in [-0.15, -0.1) is 0 Å². The number of nitrogens with zero attached hydrogens (tertiary/aromatic N) is 2. The molecule has 2 N–H and O–H groups in total. The van der Waals surface area contributed by atoms with Gasteiger partial charge in [-0.3, -0.25) is 0 Å². The molecule has 0 fully saturated rings. The van der Waals surface area contributed by atoms with Gasteiger partial charge >= 0.3 is 0 Å². The van der Waals surface area contributed by atoms with Crippen LogP contribution in [0.25, 0.3) is 0 Å². The monoisotopic (exact) mass is 299 g/mol. The van der Waals surface area contributed by atoms with Gasteiger partial charge in [0, 0.05) is 24.0 Å². The summed E-state index contributed by atoms with van der Waals surface area (Å²) in [6, 6.07) is 15.7. The van der Waals surface area contributed by atoms with Crippen LogP contribution in [0.5, 0.6) is 0 Å². The van der Waals surface area contributed by atoms with E-state index < -0.39 is 0 Å². The summed E-state index contributed by atoms with van der Waals surface area (Å²) in [6.07, 6.45) is 0. The zero-order valence-corrected chi connectivity index (χ0v) is 12.9. The Kier molecular flexibility index (Phi) is 4.72. The Morgan fingerprint density at radius 2 is 1.95 bits per heavy atom. The van der Waals surface area contributed by atoms with Gasteiger partial charge < -0.3 is 10.6 Å². The molecule has 0 heterocycles. The summed E-state index contributed by atoms with van der Waals surface area (Å²) in [5, 5.41) is 9.44. The number of anilines is 2. The molecule has 0 saturated carbocycles. The van der Waals surface area contributed by atoms with Crippen LogP contribution < -0.4 is 10.6 Å². The van der Waals surface area contributed by atoms with E-state index in [1.807, 2.05) is 36.4 Å². The highest BCUT2D eigenvalue weighted by Crippen LogP contribution is 2.27. The second-order valence-electron chi connectivity index (χ2n) is 5.20. The number of halogens is 1. The van der Waals surface area contributed by atoms with Gasteiger partial charge in [-0.1, -0.05) is 29.8 Å². The van der Waals surface area contributed by atoms with Crippen molar-refractivity contribution in [1.29, 1.82) is 5.26 Å². The second kappa shape index (κ2) is 6.51. The predicted molar refractivity (Wildman–Crippen MR) is 88.3 cm³/mol. The summed E-state index contributed by atoms with van der Waals surface area (Å²) in [5.41, 5.74) is 9.36. The molecule has 0 spiro atoms. The largest absolute Gasteiger partial charge is 0.398 e. The first-order valence-electron chi connectivity index (χ1n) is 6.82. The zero-order chi connectivity index (χ0) is 15.4. The molecule has 0 atom stereocenters. The Morgan fingerprint density at radius 3 is 2.52 bits per heavy atom. The maximum atomic E-state index is 8.96. The first kappa shape index (κ1) is 15.2. The maximum Gasteiger partial charge on any atom is 0.101 e. The normalized spacial score (nSPS) is 10.4. The molecule has 0 amide bonds. The van der Waals surface area contributed by atoms with E-state index in [0.717, 1.165) is 16.9 Å². The number of nitriles is 1. The minimum atomic E-state index is 0.286. The minimum Gasteiger partial charge on any atom is -0.398 e. The molecule has 3 nitrogen and oxygen atoms in total. The molecular weight excluding hydrogens is 282 g/mol. The highest BCUT2D eigenvalue weighted by atomic mass is 35.5. The van der Waals surface area contributed by atoms with Gasteiger partial charge in [-0.2, -0.15) is 5.26 Å². The maximum absolute atomic E-state index is 8.96. The Balaban J connectivity index is 2.34. The van der Waals surface area contributed by atoms with Crippen molar-refractivity contribution in [1.82, 2.24) is 0 Å². The molecule has 108 valence electrons. The highest BCUT2D eigenvalue weighted by molar-refractivity contribution is 6.32. The lowest BCUT2D eigenvalue weighted by Crippen LogP contribution is -2.30. The van der Waals surface area contributed by atoms with Crippen molar-refractivity contribution in [3.8, 4) is 6.07 Å². The van der Waals surface area contributed by atoms with Crippen LogP contribution in [-0.2, 0) is 6.54 Å². The molecule has 0 radical (unpaired) electrons. The average molecular weight is 300 g/mol. The molecule has 21 heavy (non-hydrogen) atoms. The van der Waals surface area contributed by atoms with Gasteiger partial charge in [0.05, 0.1) is 10.6 Å². The van der Waals surface area contributed by atoms with Crippen LogP contribution in [-0.4, -0.2) is 6.04 Å². The number of hydrogen-bond acceptors (Lipinski definition) is 3. The highest BCUT2D eigenvalue weighted by Gasteiger charge is 2.14. The number of nitrogen functional groups attached to an aromatic ring is 1. The van der Waals surface area contributed by atoms with E-state index in [0.29, 0.717) is 17.1 Å². The fourth-order valence-electron chi connectivity index (χ4n) is 2.21. The SMILES string of the molecule is CC(C)N(Cc1ccccc1N)c1ccc(C#N)c(Cl)c1. The lowest BCUT2D eigenvalue weighted by atomic mass is 10.1. The molecule has 4 heteroatoms. The number of rotatable bonds is 4. The Labute approximate surface area is 130 Å². The molecule has 0 unspecified atom stereocenters. The van der Waals surface area contributed by atoms with Gasteiger partial charge in [-0.25, -0.2) is 0 Å². The van der Waals surface area contributed by atoms with Crippen molar-refractivity contribution >= 4 is 23.0 Å². The van der Waals surface area contributed by atoms with Crippen molar-refractivity contribution in [2.45, 2.75) is 26.4 Å². The molecule has 2 aromatic rings. The van der Waals surface area contributed by atoms with Crippen LogP contribution in [0.15, 0.2) is 42.5 Å². The number of para-hydroxylation sites is 1. The fourth-order valence-corrected chi connectivity index (χ4v) is 2.42. The van der Waals surface area contributed by atoms with Crippen molar-refractivity contribution in [2.75, 3.05) is 10.6 Å². The van der Waals surface area contributed by atoms with Crippen molar-refractivity contribution in [3.63, 3.8) is 0 Å². The third-order valence-corrected chi connectivity index (χ3v) is 3.74. The van der Waals surface area contributed by atoms with E-state index in [2.05, 4.69) is 24.8 Å². The van der Waals surface area contributed by atoms with E-state index in [-0.39, 0.29) is 6.04 Å². The molecule has 0 bridgehead atoms. The van der Waals surface area contributed by atoms with Crippen molar-refractivity contribution < 1.29 is 0 Å². The summed E-state index contributed by atoms with van der Waals surface area (Å²) >= 11 is 6.14. The lowest BCUT2D eigenvalue weighted by Gasteiger charge is -2.30. The molecule has 2 rings (SSSR count). The van der Waals surface area contributed by atoms with Crippen LogP contribution in [0, 0.1) is 11.3 Å². The van der Waals surface area contributed by atoms with Gasteiger partial charge in [0.2, 0.25) is 0 Å². The summed E-state index contributed by atoms with van der Waals surface area (Å²) in [5.74, 6) is 0. The summed E-state index contributed by atoms with van der Waals surface area (Å²) in [4.78, 5) is 2.21. The summed E-state index contributed by atoms with van der Waals surface area (Å²) in [7, 11) is 0. The molecule has 0 aromatic heterocycles. The van der Waals surface area contributed by atoms with Crippen LogP contribution in [0.4, 0.5) is 11.4 Å². The van der Waals surface area contributed by atoms with Crippen LogP contribution >= 0.6 is 11.6 Å². The van der Waals surface area contributed by atoms with Gasteiger partial charge in [0.1, 0.15) is 6.07 Å². The summed E-state index contributed by atoms with van der Waals surface area (Å²) < 4.78 is 0. The zero-order valence-electron chi connectivity index (χ0n) is 12.2. The van der Waals surface area contributed by atoms with E-state index in [9.17, 15) is 0 Å². The predicted octanol–water partition coefficient (Wildman–Crippen LogP) is 4.21. The van der Waals surface area contributed by atoms with E-state index in [4.69, 9.17) is 22.6 Å². The minimum absolute atomic E-state index is 0.286. The Hall–Kier alpha value is -2.18. The van der Waals surface area contributed by atoms with E-state index >= 15 is 0 Å². The van der Waals surface area contributed by atoms with Crippen molar-refractivity contribution in [3.05, 3.63) is 58.6 Å². The molecule has 0 aliphatic carbocycles. The first-order valence-corrected chi connectivity index (χ1v) is 7.20. The van der Waals surface area contributed by atoms with Crippen molar-refractivity contribution in [2.24, 2.45) is 0 Å². The third kappa shape index (κ3) is 3.48. The summed E-state index contributed by atoms with van der Waals surface area (Å²) in [6.45, 7) is 4.93. The lowest BCUT2D eigenvalue weighted by molar-refractivity contribution is 0.683. The van der Waals surface area contributed by atoms with Crippen LogP contribution in [0.1, 0.15) is 25.0 Å². The third-order valence-electron chi connectivity index (χ3n) is 3.42. The van der Waals surface area contributed by atoms with Gasteiger partial charge in [0.15, 0.2) is 0 Å². The van der Waals surface area contributed by atoms with Gasteiger partial charge in [-0.05, 0) is 43.7 Å². The number of benzene rings is 2. The quantitative estimate of drug-likeness (QED) is 0.860. The Morgan fingerprint density at radius 1 is 1.24 bits per heavy atom. The fraction of sp³-hybridized carbons (Fsp3) is 0.235. The molecule has 0 aliphatic rings. The number of nitrogens with two attached hydrogens (primary N) is 1. The number of hydrogen-bond donors (Lipinski definition) is 1. The first-order chi connectivity index (χ1) is 10.0. The molecular formula is C17H18ClN3. The standard InChI is InChI=1S/C17H18ClN3/c1-12(2)21(11-14-5-3-4-6-17(14)20)15-8-7-13(10-19)16(18)9-15/h3-9,12H,11,20H2,1-2H3. The van der Waals surface area contributed by atoms with Crippen LogP contribution in [0.2, 0.25) is 5.02 Å². The van der Waals surface area contributed by atoms with E-state index in [1.54, 1.807) is 6.07 Å². The van der Waals surface area contributed by atoms with Gasteiger partial charge in [0.25, 0.3) is 0 Å². The Bertz CT molecular complexity index is 674. The molecule has 0 aliphatic heterocycles. The molecule has 0 saturated heterocycles. The molecule has 2 aromatic carbocycles. The topological polar surface area (TPSA) is 53.0 Å². The van der Waals surface area contributed by atoms with E-state index in [1.165, 1.54) is 0 Å². The second-order valence-corrected chi connectivity index (χ2v) is 5.60. The van der Waals surface area contributed by atoms with Crippen LogP contribution in [0.3, 0.4) is 0 Å². The smallest absolute Gasteiger partial charge is 0.101 e.